The second-order valence-corrected chi connectivity index (χ2v) is 6.07. The van der Waals surface area contributed by atoms with Gasteiger partial charge in [-0.25, -0.2) is 9.98 Å². The van der Waals surface area contributed by atoms with Gasteiger partial charge >= 0.3 is 0 Å². The molecule has 0 fully saturated rings. The van der Waals surface area contributed by atoms with Gasteiger partial charge in [-0.2, -0.15) is 0 Å². The molecule has 22 heavy (non-hydrogen) atoms. The van der Waals surface area contributed by atoms with Crippen molar-refractivity contribution in [2.24, 2.45) is 4.99 Å². The van der Waals surface area contributed by atoms with Crippen molar-refractivity contribution in [1.29, 1.82) is 0 Å². The number of hydrogen-bond donors (Lipinski definition) is 2. The molecule has 1 aromatic heterocycles. The number of carbonyl (C=O) groups is 1. The molecule has 1 heterocycles. The van der Waals surface area contributed by atoms with Crippen LogP contribution in [0.15, 0.2) is 23.8 Å². The van der Waals surface area contributed by atoms with Crippen molar-refractivity contribution in [3.05, 3.63) is 28.7 Å². The average Bonchev–Trinajstić information content (AvgIpc) is 2.96. The van der Waals surface area contributed by atoms with Crippen molar-refractivity contribution in [1.82, 2.24) is 20.5 Å². The fourth-order valence-electron chi connectivity index (χ4n) is 1.55. The number of guanidine groups is 1. The van der Waals surface area contributed by atoms with Crippen molar-refractivity contribution >= 4 is 23.2 Å². The molecule has 6 nitrogen and oxygen atoms in total. The van der Waals surface area contributed by atoms with Crippen LogP contribution in [0, 0.1) is 0 Å². The molecule has 7 heteroatoms. The van der Waals surface area contributed by atoms with E-state index in [1.54, 1.807) is 31.5 Å². The summed E-state index contributed by atoms with van der Waals surface area (Å²) in [6, 6.07) is 0. The van der Waals surface area contributed by atoms with Crippen LogP contribution in [-0.2, 0) is 17.6 Å². The predicted molar refractivity (Wildman–Crippen MR) is 92.4 cm³/mol. The van der Waals surface area contributed by atoms with Crippen LogP contribution >= 0.6 is 11.3 Å². The number of thiazole rings is 1. The molecule has 1 aromatic rings. The van der Waals surface area contributed by atoms with Crippen LogP contribution in [0.5, 0.6) is 0 Å². The third kappa shape index (κ3) is 6.71. The van der Waals surface area contributed by atoms with E-state index in [1.165, 1.54) is 9.78 Å². The van der Waals surface area contributed by atoms with Crippen LogP contribution in [0.1, 0.15) is 16.8 Å². The highest BCUT2D eigenvalue weighted by atomic mass is 32.1. The number of aryl methyl sites for hydroxylation is 1. The number of hydrogen-bond acceptors (Lipinski definition) is 4. The number of likely N-dealkylation sites (N-methyl/N-ethyl adjacent to an activating group) is 1. The summed E-state index contributed by atoms with van der Waals surface area (Å²) in [5.74, 6) is 0.578. The van der Waals surface area contributed by atoms with E-state index in [0.29, 0.717) is 12.5 Å². The molecule has 122 valence electrons. The largest absolute Gasteiger partial charge is 0.356 e. The van der Waals surface area contributed by atoms with Crippen molar-refractivity contribution < 1.29 is 4.79 Å². The Balaban J connectivity index is 2.47. The molecule has 1 amide bonds. The molecular weight excluding hydrogens is 298 g/mol. The molecule has 0 radical (unpaired) electrons. The summed E-state index contributed by atoms with van der Waals surface area (Å²) in [4.78, 5) is 23.1. The van der Waals surface area contributed by atoms with E-state index >= 15 is 0 Å². The van der Waals surface area contributed by atoms with Crippen LogP contribution in [-0.4, -0.2) is 55.5 Å². The van der Waals surface area contributed by atoms with Crippen LogP contribution < -0.4 is 10.6 Å². The molecule has 1 rings (SSSR count). The SMILES string of the molecule is C=CCNC(=NCC(=O)N(C)C)NCCc1ncc(CC)s1. The Morgan fingerprint density at radius 3 is 2.86 bits per heavy atom. The maximum Gasteiger partial charge on any atom is 0.243 e. The van der Waals surface area contributed by atoms with Gasteiger partial charge in [-0.15, -0.1) is 17.9 Å². The van der Waals surface area contributed by atoms with E-state index in [1.807, 2.05) is 6.20 Å². The van der Waals surface area contributed by atoms with Crippen LogP contribution in [0.2, 0.25) is 0 Å². The van der Waals surface area contributed by atoms with Gasteiger partial charge in [0, 0.05) is 44.7 Å². The number of aliphatic imine (C=N–C) groups is 1. The minimum absolute atomic E-state index is 0.0350. The van der Waals surface area contributed by atoms with Crippen molar-refractivity contribution in [3.63, 3.8) is 0 Å². The molecule has 0 aliphatic heterocycles. The van der Waals surface area contributed by atoms with E-state index < -0.39 is 0 Å². The Bertz CT molecular complexity index is 510. The summed E-state index contributed by atoms with van der Waals surface area (Å²) in [7, 11) is 3.44. The van der Waals surface area contributed by atoms with Crippen molar-refractivity contribution in [2.45, 2.75) is 19.8 Å². The first-order valence-corrected chi connectivity index (χ1v) is 8.15. The molecule has 0 aromatic carbocycles. The summed E-state index contributed by atoms with van der Waals surface area (Å²) in [6.45, 7) is 7.23. The molecule has 0 bridgehead atoms. The Morgan fingerprint density at radius 1 is 1.50 bits per heavy atom. The van der Waals surface area contributed by atoms with Gasteiger partial charge in [-0.1, -0.05) is 13.0 Å². The lowest BCUT2D eigenvalue weighted by molar-refractivity contribution is -0.127. The number of amides is 1. The second-order valence-electron chi connectivity index (χ2n) is 4.87. The van der Waals surface area contributed by atoms with Gasteiger partial charge in [0.15, 0.2) is 5.96 Å². The Kier molecular flexibility index (Phi) is 8.21. The summed E-state index contributed by atoms with van der Waals surface area (Å²) in [5, 5.41) is 7.42. The molecule has 0 atom stereocenters. The quantitative estimate of drug-likeness (QED) is 0.426. The topological polar surface area (TPSA) is 69.6 Å². The molecule has 0 aliphatic rings. The van der Waals surface area contributed by atoms with E-state index in [0.717, 1.165) is 24.4 Å². The predicted octanol–water partition coefficient (Wildman–Crippen LogP) is 1.06. The molecule has 0 saturated heterocycles. The average molecular weight is 323 g/mol. The lowest BCUT2D eigenvalue weighted by atomic mass is 10.4. The molecule has 0 spiro atoms. The van der Waals surface area contributed by atoms with Crippen molar-refractivity contribution in [2.75, 3.05) is 33.7 Å². The maximum atomic E-state index is 11.6. The summed E-state index contributed by atoms with van der Waals surface area (Å²) in [5.41, 5.74) is 0. The lowest BCUT2D eigenvalue weighted by Crippen LogP contribution is -2.39. The number of nitrogens with zero attached hydrogens (tertiary/aromatic N) is 3. The third-order valence-corrected chi connectivity index (χ3v) is 4.07. The van der Waals surface area contributed by atoms with Gasteiger partial charge in [0.05, 0.1) is 5.01 Å². The minimum Gasteiger partial charge on any atom is -0.356 e. The van der Waals surface area contributed by atoms with Gasteiger partial charge in [0.1, 0.15) is 6.54 Å². The maximum absolute atomic E-state index is 11.6. The van der Waals surface area contributed by atoms with Crippen LogP contribution in [0.4, 0.5) is 0 Å². The van der Waals surface area contributed by atoms with Crippen molar-refractivity contribution in [3.8, 4) is 0 Å². The zero-order valence-corrected chi connectivity index (χ0v) is 14.4. The number of nitrogens with one attached hydrogen (secondary N) is 2. The highest BCUT2D eigenvalue weighted by molar-refractivity contribution is 7.11. The molecule has 2 N–H and O–H groups in total. The molecule has 0 aliphatic carbocycles. The highest BCUT2D eigenvalue weighted by Crippen LogP contribution is 2.13. The fraction of sp³-hybridized carbons (Fsp3) is 0.533. The van der Waals surface area contributed by atoms with Crippen LogP contribution in [0.3, 0.4) is 0 Å². The lowest BCUT2D eigenvalue weighted by Gasteiger charge is -2.12. The first kappa shape index (κ1) is 18.2. The number of aromatic nitrogens is 1. The van der Waals surface area contributed by atoms with Gasteiger partial charge in [0.2, 0.25) is 5.91 Å². The number of carbonyl (C=O) groups excluding carboxylic acids is 1. The van der Waals surface area contributed by atoms with Gasteiger partial charge < -0.3 is 15.5 Å². The van der Waals surface area contributed by atoms with E-state index in [4.69, 9.17) is 0 Å². The minimum atomic E-state index is -0.0350. The fourth-order valence-corrected chi connectivity index (χ4v) is 2.41. The summed E-state index contributed by atoms with van der Waals surface area (Å²) in [6.07, 6.45) is 5.53. The van der Waals surface area contributed by atoms with E-state index in [-0.39, 0.29) is 12.5 Å². The zero-order valence-electron chi connectivity index (χ0n) is 13.6. The second kappa shape index (κ2) is 9.94. The standard InChI is InChI=1S/C15H25N5OS/c1-5-8-16-15(19-11-14(21)20(3)4)17-9-7-13-18-10-12(6-2)22-13/h5,10H,1,6-9,11H2,2-4H3,(H2,16,17,19). The highest BCUT2D eigenvalue weighted by Gasteiger charge is 2.05. The number of rotatable bonds is 8. The van der Waals surface area contributed by atoms with E-state index in [9.17, 15) is 4.79 Å². The first-order valence-electron chi connectivity index (χ1n) is 7.33. The van der Waals surface area contributed by atoms with Gasteiger partial charge in [0.25, 0.3) is 0 Å². The Morgan fingerprint density at radius 2 is 2.27 bits per heavy atom. The Labute approximate surface area is 136 Å². The smallest absolute Gasteiger partial charge is 0.243 e. The van der Waals surface area contributed by atoms with Crippen LogP contribution in [0.25, 0.3) is 0 Å². The molecule has 0 unspecified atom stereocenters. The van der Waals surface area contributed by atoms with E-state index in [2.05, 4.69) is 34.1 Å². The molecule has 0 saturated carbocycles. The first-order chi connectivity index (χ1) is 10.6. The Hall–Kier alpha value is -1.89. The van der Waals surface area contributed by atoms with Gasteiger partial charge in [-0.05, 0) is 6.42 Å². The normalized spacial score (nSPS) is 11.1. The monoisotopic (exact) mass is 323 g/mol. The molecular formula is C15H25N5OS. The summed E-state index contributed by atoms with van der Waals surface area (Å²) < 4.78 is 0. The van der Waals surface area contributed by atoms with Gasteiger partial charge in [-0.3, -0.25) is 4.79 Å². The zero-order chi connectivity index (χ0) is 16.4. The third-order valence-electron chi connectivity index (χ3n) is 2.87. The summed E-state index contributed by atoms with van der Waals surface area (Å²) >= 11 is 1.74.